The summed E-state index contributed by atoms with van der Waals surface area (Å²) in [6.07, 6.45) is -4.04. The van der Waals surface area contributed by atoms with Gasteiger partial charge in [-0.15, -0.1) is 0 Å². The summed E-state index contributed by atoms with van der Waals surface area (Å²) >= 11 is 0. The van der Waals surface area contributed by atoms with Gasteiger partial charge < -0.3 is 10.1 Å². The van der Waals surface area contributed by atoms with E-state index in [1.54, 1.807) is 0 Å². The molecule has 0 aliphatic heterocycles. The number of H-pyrrole nitrogens is 1. The summed E-state index contributed by atoms with van der Waals surface area (Å²) in [4.78, 5) is 2.38. The molecule has 1 atom stereocenters. The summed E-state index contributed by atoms with van der Waals surface area (Å²) in [5, 5.41) is 8.86. The summed E-state index contributed by atoms with van der Waals surface area (Å²) in [5.74, 6) is -4.41. The van der Waals surface area contributed by atoms with Crippen molar-refractivity contribution in [2.24, 2.45) is 0 Å². The molecule has 1 heterocycles. The van der Waals surface area contributed by atoms with E-state index in [4.69, 9.17) is 5.11 Å². The third-order valence-electron chi connectivity index (χ3n) is 1.59. The fourth-order valence-electron chi connectivity index (χ4n) is 0.848. The number of aliphatic hydroxyl groups excluding tert-OH is 1. The number of hydrogen-bond acceptors (Lipinski definition) is 1. The van der Waals surface area contributed by atoms with Crippen molar-refractivity contribution in [2.45, 2.75) is 18.5 Å². The molecule has 2 N–H and O–H groups in total. The maximum Gasteiger partial charge on any atom is 0.336 e. The van der Waals surface area contributed by atoms with Crippen molar-refractivity contribution in [3.05, 3.63) is 24.0 Å². The second-order valence-corrected chi connectivity index (χ2v) is 2.52. The minimum atomic E-state index is -4.41. The normalized spacial score (nSPS) is 14.9. The molecule has 0 bridgehead atoms. The van der Waals surface area contributed by atoms with Gasteiger partial charge in [0.1, 0.15) is 6.10 Å². The molecule has 13 heavy (non-hydrogen) atoms. The molecule has 0 aliphatic carbocycles. The topological polar surface area (TPSA) is 36.0 Å². The molecular formula is C7H7F4NO. The molecule has 0 amide bonds. The van der Waals surface area contributed by atoms with Crippen molar-refractivity contribution in [3.8, 4) is 0 Å². The minimum Gasteiger partial charge on any atom is -0.382 e. The summed E-state index contributed by atoms with van der Waals surface area (Å²) < 4.78 is 48.4. The van der Waals surface area contributed by atoms with Crippen LogP contribution in [0, 0.1) is 0 Å². The number of nitrogens with one attached hydrogen (secondary N) is 1. The molecule has 0 spiro atoms. The zero-order chi connectivity index (χ0) is 10.1. The maximum absolute atomic E-state index is 12.5. The van der Waals surface area contributed by atoms with Gasteiger partial charge in [0.25, 0.3) is 0 Å². The van der Waals surface area contributed by atoms with Crippen LogP contribution in [0.3, 0.4) is 0 Å². The van der Waals surface area contributed by atoms with Crippen LogP contribution in [0.15, 0.2) is 18.5 Å². The van der Waals surface area contributed by atoms with Crippen molar-refractivity contribution in [1.29, 1.82) is 0 Å². The van der Waals surface area contributed by atoms with E-state index in [1.807, 2.05) is 0 Å². The standard InChI is InChI=1S/C7H7F4NO/c8-6(9)7(10,11)5(13)4-1-2-12-3-4/h1-3,5-6,12-13H. The lowest BCUT2D eigenvalue weighted by Gasteiger charge is -2.20. The van der Waals surface area contributed by atoms with Gasteiger partial charge in [-0.1, -0.05) is 0 Å². The van der Waals surface area contributed by atoms with Crippen LogP contribution in [0.5, 0.6) is 0 Å². The van der Waals surface area contributed by atoms with E-state index in [2.05, 4.69) is 4.98 Å². The monoisotopic (exact) mass is 197 g/mol. The van der Waals surface area contributed by atoms with Gasteiger partial charge >= 0.3 is 12.3 Å². The van der Waals surface area contributed by atoms with Crippen LogP contribution in [0.4, 0.5) is 17.6 Å². The van der Waals surface area contributed by atoms with E-state index in [0.717, 1.165) is 12.3 Å². The molecule has 0 fully saturated rings. The van der Waals surface area contributed by atoms with Crippen LogP contribution in [0.2, 0.25) is 0 Å². The van der Waals surface area contributed by atoms with Gasteiger partial charge in [-0.05, 0) is 6.07 Å². The number of aliphatic hydroxyl groups is 1. The molecule has 1 aromatic rings. The number of aromatic amines is 1. The van der Waals surface area contributed by atoms with Crippen LogP contribution in [-0.2, 0) is 0 Å². The number of hydrogen-bond donors (Lipinski definition) is 2. The summed E-state index contributed by atoms with van der Waals surface area (Å²) in [5.41, 5.74) is -0.259. The fourth-order valence-corrected chi connectivity index (χ4v) is 0.848. The van der Waals surface area contributed by atoms with Gasteiger partial charge in [0.15, 0.2) is 0 Å². The second-order valence-electron chi connectivity index (χ2n) is 2.52. The molecule has 74 valence electrons. The van der Waals surface area contributed by atoms with Crippen LogP contribution in [0.1, 0.15) is 11.7 Å². The Kier molecular flexibility index (Phi) is 2.60. The van der Waals surface area contributed by atoms with Crippen LogP contribution >= 0.6 is 0 Å². The molecule has 0 radical (unpaired) electrons. The molecule has 1 aromatic heterocycles. The first kappa shape index (κ1) is 10.0. The predicted octanol–water partition coefficient (Wildman–Crippen LogP) is 1.95. The van der Waals surface area contributed by atoms with Crippen molar-refractivity contribution >= 4 is 0 Å². The quantitative estimate of drug-likeness (QED) is 0.714. The molecule has 1 rings (SSSR count). The third-order valence-corrected chi connectivity index (χ3v) is 1.59. The molecule has 0 saturated carbocycles. The Balaban J connectivity index is 2.84. The van der Waals surface area contributed by atoms with Crippen molar-refractivity contribution in [2.75, 3.05) is 0 Å². The van der Waals surface area contributed by atoms with E-state index in [0.29, 0.717) is 0 Å². The molecule has 2 nitrogen and oxygen atoms in total. The summed E-state index contributed by atoms with van der Waals surface area (Å²) in [7, 11) is 0. The fraction of sp³-hybridized carbons (Fsp3) is 0.429. The van der Waals surface area contributed by atoms with Gasteiger partial charge in [0.05, 0.1) is 0 Å². The Morgan fingerprint density at radius 1 is 1.38 bits per heavy atom. The zero-order valence-electron chi connectivity index (χ0n) is 6.35. The van der Waals surface area contributed by atoms with E-state index in [-0.39, 0.29) is 5.56 Å². The van der Waals surface area contributed by atoms with Crippen LogP contribution < -0.4 is 0 Å². The molecule has 0 saturated heterocycles. The lowest BCUT2D eigenvalue weighted by molar-refractivity contribution is -0.193. The first-order chi connectivity index (χ1) is 5.96. The largest absolute Gasteiger partial charge is 0.382 e. The van der Waals surface area contributed by atoms with E-state index in [1.165, 1.54) is 6.20 Å². The Labute approximate surface area is 71.2 Å². The maximum atomic E-state index is 12.5. The van der Waals surface area contributed by atoms with Crippen molar-refractivity contribution in [3.63, 3.8) is 0 Å². The summed E-state index contributed by atoms with van der Waals surface area (Å²) in [6.45, 7) is 0. The highest BCUT2D eigenvalue weighted by Crippen LogP contribution is 2.36. The smallest absolute Gasteiger partial charge is 0.336 e. The Hall–Kier alpha value is -1.04. The second kappa shape index (κ2) is 3.37. The van der Waals surface area contributed by atoms with Crippen molar-refractivity contribution in [1.82, 2.24) is 4.98 Å². The SMILES string of the molecule is OC(c1cc[nH]c1)C(F)(F)C(F)F. The molecule has 1 unspecified atom stereocenters. The first-order valence-electron chi connectivity index (χ1n) is 3.43. The van der Waals surface area contributed by atoms with E-state index in [9.17, 15) is 17.6 Å². The minimum absolute atomic E-state index is 0.259. The predicted molar refractivity (Wildman–Crippen MR) is 36.7 cm³/mol. The molecule has 6 heteroatoms. The number of aromatic nitrogens is 1. The van der Waals surface area contributed by atoms with Crippen molar-refractivity contribution < 1.29 is 22.7 Å². The van der Waals surface area contributed by atoms with Crippen LogP contribution in [0.25, 0.3) is 0 Å². The third kappa shape index (κ3) is 1.82. The highest BCUT2D eigenvalue weighted by molar-refractivity contribution is 5.14. The lowest BCUT2D eigenvalue weighted by Crippen LogP contribution is -2.34. The van der Waals surface area contributed by atoms with E-state index < -0.39 is 18.5 Å². The number of rotatable bonds is 3. The lowest BCUT2D eigenvalue weighted by atomic mass is 10.1. The highest BCUT2D eigenvalue weighted by Gasteiger charge is 2.48. The van der Waals surface area contributed by atoms with Gasteiger partial charge in [0, 0.05) is 18.0 Å². The number of alkyl halides is 4. The van der Waals surface area contributed by atoms with Gasteiger partial charge in [0.2, 0.25) is 0 Å². The first-order valence-corrected chi connectivity index (χ1v) is 3.43. The Morgan fingerprint density at radius 2 is 2.00 bits per heavy atom. The Bertz CT molecular complexity index is 259. The average Bonchev–Trinajstić information content (AvgIpc) is 2.54. The number of halogens is 4. The van der Waals surface area contributed by atoms with Gasteiger partial charge in [-0.2, -0.15) is 8.78 Å². The summed E-state index contributed by atoms with van der Waals surface area (Å²) in [6, 6.07) is 1.11. The van der Waals surface area contributed by atoms with Gasteiger partial charge in [-0.25, -0.2) is 8.78 Å². The van der Waals surface area contributed by atoms with Gasteiger partial charge in [-0.3, -0.25) is 0 Å². The van der Waals surface area contributed by atoms with E-state index >= 15 is 0 Å². The molecule has 0 aromatic carbocycles. The Morgan fingerprint density at radius 3 is 2.38 bits per heavy atom. The molecular weight excluding hydrogens is 190 g/mol. The average molecular weight is 197 g/mol. The zero-order valence-corrected chi connectivity index (χ0v) is 6.35. The molecule has 0 aliphatic rings. The van der Waals surface area contributed by atoms with Crippen LogP contribution in [-0.4, -0.2) is 22.4 Å². The highest BCUT2D eigenvalue weighted by atomic mass is 19.3.